The zero-order chi connectivity index (χ0) is 12.7. The molecule has 0 aliphatic rings. The van der Waals surface area contributed by atoms with Crippen molar-refractivity contribution in [2.45, 2.75) is 19.8 Å². The number of nitrogens with zero attached hydrogens (tertiary/aromatic N) is 1. The maximum atomic E-state index is 11.1. The van der Waals surface area contributed by atoms with Crippen LogP contribution in [-0.2, 0) is 9.53 Å². The van der Waals surface area contributed by atoms with E-state index in [0.29, 0.717) is 37.5 Å². The highest BCUT2D eigenvalue weighted by Gasteiger charge is 2.03. The SMILES string of the molecule is CCOC(=O)CCCNc1ncc(Br)cc1N. The Hall–Kier alpha value is -1.30. The van der Waals surface area contributed by atoms with E-state index in [-0.39, 0.29) is 5.97 Å². The third kappa shape index (κ3) is 5.04. The summed E-state index contributed by atoms with van der Waals surface area (Å²) in [4.78, 5) is 15.2. The zero-order valence-electron chi connectivity index (χ0n) is 9.70. The van der Waals surface area contributed by atoms with E-state index in [1.54, 1.807) is 19.2 Å². The van der Waals surface area contributed by atoms with Crippen molar-refractivity contribution in [1.82, 2.24) is 4.98 Å². The van der Waals surface area contributed by atoms with Gasteiger partial charge in [0.05, 0.1) is 12.3 Å². The van der Waals surface area contributed by atoms with Gasteiger partial charge >= 0.3 is 5.97 Å². The summed E-state index contributed by atoms with van der Waals surface area (Å²) < 4.78 is 5.66. The number of pyridine rings is 1. The smallest absolute Gasteiger partial charge is 0.305 e. The second-order valence-corrected chi connectivity index (χ2v) is 4.34. The first-order valence-corrected chi connectivity index (χ1v) is 6.23. The summed E-state index contributed by atoms with van der Waals surface area (Å²) in [5.41, 5.74) is 6.34. The Morgan fingerprint density at radius 1 is 1.65 bits per heavy atom. The molecule has 0 saturated carbocycles. The lowest BCUT2D eigenvalue weighted by atomic mass is 10.3. The molecule has 0 aliphatic carbocycles. The molecule has 1 rings (SSSR count). The molecule has 0 unspecified atom stereocenters. The van der Waals surface area contributed by atoms with Crippen LogP contribution in [0.1, 0.15) is 19.8 Å². The summed E-state index contributed by atoms with van der Waals surface area (Å²) in [5.74, 6) is 0.461. The van der Waals surface area contributed by atoms with Gasteiger partial charge in [-0.25, -0.2) is 4.98 Å². The van der Waals surface area contributed by atoms with E-state index >= 15 is 0 Å². The molecule has 6 heteroatoms. The van der Waals surface area contributed by atoms with Crippen molar-refractivity contribution in [3.63, 3.8) is 0 Å². The molecule has 0 fully saturated rings. The average molecular weight is 302 g/mol. The van der Waals surface area contributed by atoms with E-state index in [1.807, 2.05) is 0 Å². The van der Waals surface area contributed by atoms with Gasteiger partial charge in [-0.3, -0.25) is 4.79 Å². The van der Waals surface area contributed by atoms with E-state index in [1.165, 1.54) is 0 Å². The van der Waals surface area contributed by atoms with Crippen LogP contribution in [0.2, 0.25) is 0 Å². The standard InChI is InChI=1S/C11H16BrN3O2/c1-2-17-10(16)4-3-5-14-11-9(13)6-8(12)7-15-11/h6-7H,2-5,13H2,1H3,(H,14,15). The minimum atomic E-state index is -0.175. The fourth-order valence-corrected chi connectivity index (χ4v) is 1.62. The first-order chi connectivity index (χ1) is 8.13. The maximum Gasteiger partial charge on any atom is 0.305 e. The Labute approximate surface area is 109 Å². The number of ether oxygens (including phenoxy) is 1. The number of halogens is 1. The minimum Gasteiger partial charge on any atom is -0.466 e. The normalized spacial score (nSPS) is 10.0. The Balaban J connectivity index is 2.29. The lowest BCUT2D eigenvalue weighted by Gasteiger charge is -2.08. The number of nitrogen functional groups attached to an aromatic ring is 1. The molecule has 0 spiro atoms. The molecule has 3 N–H and O–H groups in total. The molecule has 1 heterocycles. The summed E-state index contributed by atoms with van der Waals surface area (Å²) >= 11 is 3.28. The molecule has 0 radical (unpaired) electrons. The fourth-order valence-electron chi connectivity index (χ4n) is 1.28. The van der Waals surface area contributed by atoms with Gasteiger partial charge in [-0.2, -0.15) is 0 Å². The fraction of sp³-hybridized carbons (Fsp3) is 0.455. The maximum absolute atomic E-state index is 11.1. The number of anilines is 2. The van der Waals surface area contributed by atoms with E-state index in [4.69, 9.17) is 10.5 Å². The molecule has 0 saturated heterocycles. The van der Waals surface area contributed by atoms with E-state index < -0.39 is 0 Å². The van der Waals surface area contributed by atoms with Crippen molar-refractivity contribution >= 4 is 33.4 Å². The summed E-state index contributed by atoms with van der Waals surface area (Å²) in [5, 5.41) is 3.07. The molecule has 17 heavy (non-hydrogen) atoms. The van der Waals surface area contributed by atoms with Crippen LogP contribution in [0.5, 0.6) is 0 Å². The molecule has 0 amide bonds. The van der Waals surface area contributed by atoms with Crippen LogP contribution in [-0.4, -0.2) is 24.1 Å². The molecule has 0 atom stereocenters. The van der Waals surface area contributed by atoms with Crippen LogP contribution in [0, 0.1) is 0 Å². The quantitative estimate of drug-likeness (QED) is 0.622. The van der Waals surface area contributed by atoms with Gasteiger partial charge in [-0.15, -0.1) is 0 Å². The molecular formula is C11H16BrN3O2. The monoisotopic (exact) mass is 301 g/mol. The highest BCUT2D eigenvalue weighted by atomic mass is 79.9. The first-order valence-electron chi connectivity index (χ1n) is 5.44. The molecule has 0 aliphatic heterocycles. The highest BCUT2D eigenvalue weighted by Crippen LogP contribution is 2.19. The van der Waals surface area contributed by atoms with E-state index in [0.717, 1.165) is 4.47 Å². The second kappa shape index (κ2) is 7.11. The van der Waals surface area contributed by atoms with E-state index in [2.05, 4.69) is 26.2 Å². The number of carbonyl (C=O) groups excluding carboxylic acids is 1. The van der Waals surface area contributed by atoms with E-state index in [9.17, 15) is 4.79 Å². The Kier molecular flexibility index (Phi) is 5.76. The van der Waals surface area contributed by atoms with Crippen molar-refractivity contribution in [1.29, 1.82) is 0 Å². The molecule has 0 bridgehead atoms. The van der Waals surface area contributed by atoms with Gasteiger partial charge < -0.3 is 15.8 Å². The number of carbonyl (C=O) groups is 1. The number of hydrogen-bond donors (Lipinski definition) is 2. The summed E-state index contributed by atoms with van der Waals surface area (Å²) in [6, 6.07) is 1.78. The third-order valence-corrected chi connectivity index (χ3v) is 2.47. The average Bonchev–Trinajstić information content (AvgIpc) is 2.27. The lowest BCUT2D eigenvalue weighted by Crippen LogP contribution is -2.10. The van der Waals surface area contributed by atoms with Crippen LogP contribution in [0.25, 0.3) is 0 Å². The first kappa shape index (κ1) is 13.8. The minimum absolute atomic E-state index is 0.175. The molecular weight excluding hydrogens is 286 g/mol. The van der Waals surface area contributed by atoms with Crippen LogP contribution in [0.4, 0.5) is 11.5 Å². The number of rotatable bonds is 6. The number of nitrogens with two attached hydrogens (primary N) is 1. The van der Waals surface area contributed by atoms with Gasteiger partial charge in [0.2, 0.25) is 0 Å². The molecule has 1 aromatic rings. The zero-order valence-corrected chi connectivity index (χ0v) is 11.3. The molecule has 94 valence electrons. The molecule has 0 aromatic carbocycles. The Bertz CT molecular complexity index is 385. The predicted molar refractivity (Wildman–Crippen MR) is 70.7 cm³/mol. The number of hydrogen-bond acceptors (Lipinski definition) is 5. The predicted octanol–water partition coefficient (Wildman–Crippen LogP) is 2.18. The van der Waals surface area contributed by atoms with Crippen molar-refractivity contribution in [2.24, 2.45) is 0 Å². The van der Waals surface area contributed by atoms with Crippen molar-refractivity contribution in [3.05, 3.63) is 16.7 Å². The second-order valence-electron chi connectivity index (χ2n) is 3.43. The Morgan fingerprint density at radius 2 is 2.41 bits per heavy atom. The van der Waals surface area contributed by atoms with Gasteiger partial charge in [0.15, 0.2) is 0 Å². The summed E-state index contributed by atoms with van der Waals surface area (Å²) in [7, 11) is 0. The third-order valence-electron chi connectivity index (χ3n) is 2.04. The molecule has 5 nitrogen and oxygen atoms in total. The molecule has 1 aromatic heterocycles. The van der Waals surface area contributed by atoms with Crippen LogP contribution < -0.4 is 11.1 Å². The number of esters is 1. The number of nitrogens with one attached hydrogen (secondary N) is 1. The van der Waals surface area contributed by atoms with Crippen molar-refractivity contribution in [2.75, 3.05) is 24.2 Å². The topological polar surface area (TPSA) is 77.2 Å². The van der Waals surface area contributed by atoms with Crippen molar-refractivity contribution < 1.29 is 9.53 Å². The van der Waals surface area contributed by atoms with Gasteiger partial charge in [0.1, 0.15) is 5.82 Å². The van der Waals surface area contributed by atoms with Gasteiger partial charge in [-0.1, -0.05) is 0 Å². The van der Waals surface area contributed by atoms with Crippen molar-refractivity contribution in [3.8, 4) is 0 Å². The van der Waals surface area contributed by atoms with Crippen LogP contribution in [0.15, 0.2) is 16.7 Å². The lowest BCUT2D eigenvalue weighted by molar-refractivity contribution is -0.143. The van der Waals surface area contributed by atoms with Gasteiger partial charge in [-0.05, 0) is 35.3 Å². The number of aromatic nitrogens is 1. The largest absolute Gasteiger partial charge is 0.466 e. The van der Waals surface area contributed by atoms with Crippen LogP contribution in [0.3, 0.4) is 0 Å². The van der Waals surface area contributed by atoms with Gasteiger partial charge in [0.25, 0.3) is 0 Å². The van der Waals surface area contributed by atoms with Crippen LogP contribution >= 0.6 is 15.9 Å². The summed E-state index contributed by atoms with van der Waals surface area (Å²) in [6.45, 7) is 2.85. The van der Waals surface area contributed by atoms with Gasteiger partial charge in [0, 0.05) is 23.6 Å². The summed E-state index contributed by atoms with van der Waals surface area (Å²) in [6.07, 6.45) is 2.76. The highest BCUT2D eigenvalue weighted by molar-refractivity contribution is 9.10. The Morgan fingerprint density at radius 3 is 3.06 bits per heavy atom.